The summed E-state index contributed by atoms with van der Waals surface area (Å²) in [5, 5.41) is 0. The summed E-state index contributed by atoms with van der Waals surface area (Å²) >= 11 is 0. The SMILES string of the molecule is CN1C(=O)OC(C)(C)c2ccc(B3OC(C)(C)C(C)(C)O3)cc21. The van der Waals surface area contributed by atoms with Gasteiger partial charge in [-0.3, -0.25) is 4.90 Å². The van der Waals surface area contributed by atoms with Crippen molar-refractivity contribution in [2.75, 3.05) is 11.9 Å². The number of nitrogens with zero attached hydrogens (tertiary/aromatic N) is 1. The molecule has 124 valence electrons. The average Bonchev–Trinajstić information content (AvgIpc) is 2.64. The second-order valence-electron chi connectivity index (χ2n) is 7.80. The molecule has 0 aromatic heterocycles. The predicted molar refractivity (Wildman–Crippen MR) is 90.1 cm³/mol. The maximum absolute atomic E-state index is 12.1. The molecule has 0 bridgehead atoms. The number of ether oxygens (including phenoxy) is 1. The van der Waals surface area contributed by atoms with Gasteiger partial charge in [-0.25, -0.2) is 4.79 Å². The molecule has 3 rings (SSSR count). The van der Waals surface area contributed by atoms with Gasteiger partial charge in [0, 0.05) is 12.6 Å². The first-order valence-electron chi connectivity index (χ1n) is 7.91. The topological polar surface area (TPSA) is 48.0 Å². The van der Waals surface area contributed by atoms with Crippen molar-refractivity contribution in [3.63, 3.8) is 0 Å². The Kier molecular flexibility index (Phi) is 3.37. The van der Waals surface area contributed by atoms with Crippen LogP contribution in [0.2, 0.25) is 0 Å². The van der Waals surface area contributed by atoms with Crippen LogP contribution in [-0.2, 0) is 19.6 Å². The van der Waals surface area contributed by atoms with E-state index < -0.39 is 23.9 Å². The number of hydrogen-bond donors (Lipinski definition) is 0. The van der Waals surface area contributed by atoms with Crippen LogP contribution in [0.3, 0.4) is 0 Å². The molecule has 0 N–H and O–H groups in total. The fraction of sp³-hybridized carbons (Fsp3) is 0.588. The van der Waals surface area contributed by atoms with Gasteiger partial charge < -0.3 is 14.0 Å². The zero-order valence-corrected chi connectivity index (χ0v) is 14.9. The Morgan fingerprint density at radius 2 is 1.57 bits per heavy atom. The maximum atomic E-state index is 12.1. The first-order chi connectivity index (χ1) is 10.4. The van der Waals surface area contributed by atoms with E-state index in [0.29, 0.717) is 0 Å². The predicted octanol–water partition coefficient (Wildman–Crippen LogP) is 2.81. The van der Waals surface area contributed by atoms with Crippen LogP contribution in [0.15, 0.2) is 18.2 Å². The van der Waals surface area contributed by atoms with Crippen molar-refractivity contribution in [2.24, 2.45) is 0 Å². The normalized spacial score (nSPS) is 24.4. The van der Waals surface area contributed by atoms with E-state index in [-0.39, 0.29) is 6.09 Å². The highest BCUT2D eigenvalue weighted by molar-refractivity contribution is 6.62. The summed E-state index contributed by atoms with van der Waals surface area (Å²) in [6.45, 7) is 11.9. The van der Waals surface area contributed by atoms with E-state index in [0.717, 1.165) is 16.7 Å². The molecule has 0 unspecified atom stereocenters. The van der Waals surface area contributed by atoms with Gasteiger partial charge >= 0.3 is 13.2 Å². The van der Waals surface area contributed by atoms with Crippen LogP contribution in [0.4, 0.5) is 10.5 Å². The quantitative estimate of drug-likeness (QED) is 0.747. The van der Waals surface area contributed by atoms with Crippen molar-refractivity contribution in [2.45, 2.75) is 58.3 Å². The number of carbonyl (C=O) groups excluding carboxylic acids is 1. The van der Waals surface area contributed by atoms with Crippen molar-refractivity contribution in [1.82, 2.24) is 0 Å². The van der Waals surface area contributed by atoms with Crippen molar-refractivity contribution in [1.29, 1.82) is 0 Å². The molecule has 23 heavy (non-hydrogen) atoms. The van der Waals surface area contributed by atoms with Crippen LogP contribution >= 0.6 is 0 Å². The van der Waals surface area contributed by atoms with Gasteiger partial charge in [-0.2, -0.15) is 0 Å². The summed E-state index contributed by atoms with van der Waals surface area (Å²) in [6, 6.07) is 5.92. The molecule has 0 atom stereocenters. The standard InChI is InChI=1S/C17H24BNO4/c1-15(2)12-9-8-11(10-13(12)19(7)14(20)21-15)18-22-16(3,4)17(5,6)23-18/h8-10H,1-7H3. The minimum atomic E-state index is -0.645. The lowest BCUT2D eigenvalue weighted by atomic mass is 9.77. The van der Waals surface area contributed by atoms with E-state index in [1.165, 1.54) is 4.90 Å². The first-order valence-corrected chi connectivity index (χ1v) is 7.91. The molecule has 1 saturated heterocycles. The number of hydrogen-bond acceptors (Lipinski definition) is 4. The number of amides is 1. The number of fused-ring (bicyclic) bond motifs is 1. The fourth-order valence-electron chi connectivity index (χ4n) is 2.90. The summed E-state index contributed by atoms with van der Waals surface area (Å²) in [7, 11) is 1.27. The highest BCUT2D eigenvalue weighted by Crippen LogP contribution is 2.39. The summed E-state index contributed by atoms with van der Waals surface area (Å²) in [4.78, 5) is 13.6. The maximum Gasteiger partial charge on any atom is 0.494 e. The third-order valence-corrected chi connectivity index (χ3v) is 5.17. The van der Waals surface area contributed by atoms with Crippen molar-refractivity contribution in [3.05, 3.63) is 23.8 Å². The molecule has 5 nitrogen and oxygen atoms in total. The smallest absolute Gasteiger partial charge is 0.438 e. The van der Waals surface area contributed by atoms with E-state index >= 15 is 0 Å². The molecule has 0 saturated carbocycles. The molecule has 6 heteroatoms. The third kappa shape index (κ3) is 2.44. The van der Waals surface area contributed by atoms with Crippen LogP contribution in [0.5, 0.6) is 0 Å². The lowest BCUT2D eigenvalue weighted by Gasteiger charge is -2.37. The van der Waals surface area contributed by atoms with E-state index in [1.807, 2.05) is 59.7 Å². The average molecular weight is 317 g/mol. The molecule has 1 fully saturated rings. The van der Waals surface area contributed by atoms with Gasteiger partial charge in [-0.1, -0.05) is 12.1 Å². The lowest BCUT2D eigenvalue weighted by Crippen LogP contribution is -2.43. The molecule has 1 aromatic carbocycles. The summed E-state index contributed by atoms with van der Waals surface area (Å²) in [5.41, 5.74) is 1.28. The molecule has 2 aliphatic heterocycles. The van der Waals surface area contributed by atoms with Gasteiger partial charge in [-0.15, -0.1) is 0 Å². The van der Waals surface area contributed by atoms with Gasteiger partial charge in [-0.05, 0) is 53.1 Å². The van der Waals surface area contributed by atoms with Crippen LogP contribution in [-0.4, -0.2) is 31.5 Å². The zero-order valence-electron chi connectivity index (χ0n) is 14.9. The Hall–Kier alpha value is -1.53. The van der Waals surface area contributed by atoms with Crippen molar-refractivity contribution < 1.29 is 18.8 Å². The number of benzene rings is 1. The van der Waals surface area contributed by atoms with Gasteiger partial charge in [0.1, 0.15) is 5.60 Å². The number of carbonyl (C=O) groups is 1. The Morgan fingerprint density at radius 1 is 1.00 bits per heavy atom. The summed E-state index contributed by atoms with van der Waals surface area (Å²) < 4.78 is 17.7. The zero-order chi connectivity index (χ0) is 17.2. The highest BCUT2D eigenvalue weighted by Gasteiger charge is 2.52. The van der Waals surface area contributed by atoms with Crippen LogP contribution in [0, 0.1) is 0 Å². The lowest BCUT2D eigenvalue weighted by molar-refractivity contribution is 0.00578. The number of cyclic esters (lactones) is 1. The Balaban J connectivity index is 2.01. The minimum absolute atomic E-state index is 0.353. The van der Waals surface area contributed by atoms with E-state index in [4.69, 9.17) is 14.0 Å². The summed E-state index contributed by atoms with van der Waals surface area (Å²) in [5.74, 6) is 0. The molecule has 0 spiro atoms. The van der Waals surface area contributed by atoms with Crippen LogP contribution in [0.1, 0.15) is 47.1 Å². The summed E-state index contributed by atoms with van der Waals surface area (Å²) in [6.07, 6.45) is -0.353. The van der Waals surface area contributed by atoms with Crippen molar-refractivity contribution >= 4 is 24.4 Å². The molecule has 2 aliphatic rings. The molecular formula is C17H24BNO4. The van der Waals surface area contributed by atoms with E-state index in [9.17, 15) is 4.79 Å². The van der Waals surface area contributed by atoms with Gasteiger partial charge in [0.25, 0.3) is 0 Å². The Labute approximate surface area is 138 Å². The minimum Gasteiger partial charge on any atom is -0.438 e. The Morgan fingerprint density at radius 3 is 2.13 bits per heavy atom. The van der Waals surface area contributed by atoms with E-state index in [2.05, 4.69) is 0 Å². The van der Waals surface area contributed by atoms with Crippen LogP contribution in [0.25, 0.3) is 0 Å². The second kappa shape index (κ2) is 4.74. The van der Waals surface area contributed by atoms with Gasteiger partial charge in [0.15, 0.2) is 0 Å². The molecule has 1 amide bonds. The molecule has 0 aliphatic carbocycles. The monoisotopic (exact) mass is 317 g/mol. The molecular weight excluding hydrogens is 293 g/mol. The van der Waals surface area contributed by atoms with Gasteiger partial charge in [0.05, 0.1) is 16.9 Å². The molecule has 1 aromatic rings. The van der Waals surface area contributed by atoms with Crippen molar-refractivity contribution in [3.8, 4) is 0 Å². The molecule has 0 radical (unpaired) electrons. The fourth-order valence-corrected chi connectivity index (χ4v) is 2.90. The van der Waals surface area contributed by atoms with E-state index in [1.54, 1.807) is 7.05 Å². The highest BCUT2D eigenvalue weighted by atomic mass is 16.7. The molecule has 2 heterocycles. The largest absolute Gasteiger partial charge is 0.494 e. The van der Waals surface area contributed by atoms with Crippen LogP contribution < -0.4 is 10.4 Å². The first kappa shape index (κ1) is 16.3. The number of rotatable bonds is 1. The Bertz CT molecular complexity index is 653. The van der Waals surface area contributed by atoms with Gasteiger partial charge in [0.2, 0.25) is 0 Å². The number of anilines is 1. The second-order valence-corrected chi connectivity index (χ2v) is 7.80. The third-order valence-electron chi connectivity index (χ3n) is 5.17.